The van der Waals surface area contributed by atoms with Crippen LogP contribution >= 0.6 is 38.6 Å². The van der Waals surface area contributed by atoms with Crippen molar-refractivity contribution in [1.29, 1.82) is 0 Å². The molecule has 0 aliphatic heterocycles. The number of carbonyl (C=O) groups is 3. The Kier molecular flexibility index (Phi) is 5.97. The van der Waals surface area contributed by atoms with Crippen LogP contribution in [0.15, 0.2) is 57.7 Å². The number of hydrogen-bond acceptors (Lipinski definition) is 6. The first-order valence-corrected chi connectivity index (χ1v) is 9.92. The maximum absolute atomic E-state index is 12.0. The maximum atomic E-state index is 12.0. The van der Waals surface area contributed by atoms with Crippen LogP contribution in [0, 0.1) is 0 Å². The predicted molar refractivity (Wildman–Crippen MR) is 105 cm³/mol. The molecule has 0 spiro atoms. The first kappa shape index (κ1) is 18.5. The van der Waals surface area contributed by atoms with Crippen molar-refractivity contribution in [3.05, 3.63) is 73.0 Å². The zero-order chi connectivity index (χ0) is 18.5. The third-order valence-electron chi connectivity index (χ3n) is 3.31. The van der Waals surface area contributed by atoms with Crippen LogP contribution in [0.4, 0.5) is 5.69 Å². The standard InChI is InChI=1S/C18H12BrNO4S2/c19-16-8-7-14(26-16)13(21)10-24-18(23)11-3-5-12(6-4-11)20-17(22)15-2-1-9-25-15/h1-9H,10H2,(H,20,22). The SMILES string of the molecule is O=C(OCC(=O)c1ccc(Br)s1)c1ccc(NC(=O)c2cccs2)cc1. The Hall–Kier alpha value is -2.29. The van der Waals surface area contributed by atoms with E-state index in [1.165, 1.54) is 22.7 Å². The summed E-state index contributed by atoms with van der Waals surface area (Å²) in [6, 6.07) is 13.3. The van der Waals surface area contributed by atoms with Gasteiger partial charge in [-0.25, -0.2) is 4.79 Å². The molecule has 3 aromatic rings. The molecular formula is C18H12BrNO4S2. The summed E-state index contributed by atoms with van der Waals surface area (Å²) in [6.07, 6.45) is 0. The summed E-state index contributed by atoms with van der Waals surface area (Å²) in [5.74, 6) is -1.05. The van der Waals surface area contributed by atoms with Crippen molar-refractivity contribution >= 4 is 62.0 Å². The number of hydrogen-bond donors (Lipinski definition) is 1. The number of Topliss-reactive ketones (excluding diaryl/α,β-unsaturated/α-hetero) is 1. The van der Waals surface area contributed by atoms with E-state index >= 15 is 0 Å². The smallest absolute Gasteiger partial charge is 0.338 e. The summed E-state index contributed by atoms with van der Waals surface area (Å²) in [4.78, 5) is 37.1. The van der Waals surface area contributed by atoms with Crippen LogP contribution in [-0.2, 0) is 4.74 Å². The molecule has 0 aliphatic rings. The van der Waals surface area contributed by atoms with Gasteiger partial charge in [-0.15, -0.1) is 22.7 Å². The summed E-state index contributed by atoms with van der Waals surface area (Å²) < 4.78 is 5.89. The number of amides is 1. The number of halogens is 1. The summed E-state index contributed by atoms with van der Waals surface area (Å²) >= 11 is 5.92. The van der Waals surface area contributed by atoms with Crippen LogP contribution in [-0.4, -0.2) is 24.3 Å². The number of esters is 1. The van der Waals surface area contributed by atoms with Crippen LogP contribution in [0.5, 0.6) is 0 Å². The largest absolute Gasteiger partial charge is 0.454 e. The van der Waals surface area contributed by atoms with E-state index in [0.717, 1.165) is 3.79 Å². The van der Waals surface area contributed by atoms with Gasteiger partial charge in [0.05, 0.1) is 19.1 Å². The third-order valence-corrected chi connectivity index (χ3v) is 5.84. The number of ether oxygens (including phenoxy) is 1. The lowest BCUT2D eigenvalue weighted by molar-refractivity contribution is 0.0476. The number of ketones is 1. The molecule has 132 valence electrons. The van der Waals surface area contributed by atoms with Gasteiger partial charge in [0.15, 0.2) is 6.61 Å². The van der Waals surface area contributed by atoms with Gasteiger partial charge in [0.25, 0.3) is 5.91 Å². The highest BCUT2D eigenvalue weighted by molar-refractivity contribution is 9.11. The van der Waals surface area contributed by atoms with Crippen molar-refractivity contribution in [2.75, 3.05) is 11.9 Å². The van der Waals surface area contributed by atoms with E-state index in [4.69, 9.17) is 4.74 Å². The number of nitrogens with one attached hydrogen (secondary N) is 1. The lowest BCUT2D eigenvalue weighted by atomic mass is 10.2. The molecule has 8 heteroatoms. The Morgan fingerprint density at radius 2 is 1.77 bits per heavy atom. The minimum Gasteiger partial charge on any atom is -0.454 e. The molecule has 0 unspecified atom stereocenters. The molecule has 2 heterocycles. The Bertz CT molecular complexity index is 933. The molecule has 0 bridgehead atoms. The third kappa shape index (κ3) is 4.66. The van der Waals surface area contributed by atoms with Crippen LogP contribution in [0.1, 0.15) is 29.7 Å². The molecule has 0 fully saturated rings. The number of anilines is 1. The molecule has 0 atom stereocenters. The number of benzene rings is 1. The second-order valence-corrected chi connectivity index (χ2v) is 8.52. The second kappa shape index (κ2) is 8.39. The van der Waals surface area contributed by atoms with Crippen LogP contribution in [0.3, 0.4) is 0 Å². The van der Waals surface area contributed by atoms with Gasteiger partial charge in [0.2, 0.25) is 5.78 Å². The maximum Gasteiger partial charge on any atom is 0.338 e. The highest BCUT2D eigenvalue weighted by atomic mass is 79.9. The molecule has 2 aromatic heterocycles. The number of thiophene rings is 2. The van der Waals surface area contributed by atoms with Crippen molar-refractivity contribution in [3.63, 3.8) is 0 Å². The minimum atomic E-state index is -0.592. The zero-order valence-electron chi connectivity index (χ0n) is 13.2. The summed E-state index contributed by atoms with van der Waals surface area (Å²) in [5, 5.41) is 4.57. The Morgan fingerprint density at radius 3 is 2.38 bits per heavy atom. The van der Waals surface area contributed by atoms with E-state index in [2.05, 4.69) is 21.2 Å². The van der Waals surface area contributed by atoms with E-state index < -0.39 is 5.97 Å². The quantitative estimate of drug-likeness (QED) is 0.430. The minimum absolute atomic E-state index is 0.206. The van der Waals surface area contributed by atoms with Gasteiger partial charge in [-0.2, -0.15) is 0 Å². The molecular weight excluding hydrogens is 438 g/mol. The first-order valence-electron chi connectivity index (χ1n) is 7.43. The van der Waals surface area contributed by atoms with Gasteiger partial charge in [-0.1, -0.05) is 6.07 Å². The molecule has 1 amide bonds. The molecule has 0 saturated heterocycles. The molecule has 5 nitrogen and oxygen atoms in total. The molecule has 1 aromatic carbocycles. The molecule has 0 saturated carbocycles. The van der Waals surface area contributed by atoms with E-state index in [1.807, 2.05) is 5.38 Å². The molecule has 0 radical (unpaired) electrons. The van der Waals surface area contributed by atoms with Crippen LogP contribution in [0.2, 0.25) is 0 Å². The number of rotatable bonds is 6. The number of carbonyl (C=O) groups excluding carboxylic acids is 3. The average molecular weight is 450 g/mol. The van der Waals surface area contributed by atoms with Crippen molar-refractivity contribution in [2.24, 2.45) is 0 Å². The zero-order valence-corrected chi connectivity index (χ0v) is 16.4. The van der Waals surface area contributed by atoms with Gasteiger partial charge >= 0.3 is 5.97 Å². The monoisotopic (exact) mass is 449 g/mol. The van der Waals surface area contributed by atoms with E-state index in [1.54, 1.807) is 48.5 Å². The van der Waals surface area contributed by atoms with Gasteiger partial charge in [-0.05, 0) is 63.8 Å². The lowest BCUT2D eigenvalue weighted by Crippen LogP contribution is -2.14. The van der Waals surface area contributed by atoms with Gasteiger partial charge in [0, 0.05) is 5.69 Å². The van der Waals surface area contributed by atoms with Gasteiger partial charge < -0.3 is 10.1 Å². The molecule has 3 rings (SSSR count). The fourth-order valence-corrected chi connectivity index (χ4v) is 3.97. The average Bonchev–Trinajstić information content (AvgIpc) is 3.31. The summed E-state index contributed by atoms with van der Waals surface area (Å²) in [7, 11) is 0. The van der Waals surface area contributed by atoms with Crippen molar-refractivity contribution < 1.29 is 19.1 Å². The molecule has 0 aliphatic carbocycles. The summed E-state index contributed by atoms with van der Waals surface area (Å²) in [5.41, 5.74) is 0.874. The van der Waals surface area contributed by atoms with E-state index in [-0.39, 0.29) is 18.3 Å². The second-order valence-electron chi connectivity index (χ2n) is 5.11. The van der Waals surface area contributed by atoms with Crippen LogP contribution in [0.25, 0.3) is 0 Å². The van der Waals surface area contributed by atoms with Crippen molar-refractivity contribution in [2.45, 2.75) is 0 Å². The Labute approximate surface area is 165 Å². The predicted octanol–water partition coefficient (Wildman–Crippen LogP) is 4.86. The normalized spacial score (nSPS) is 10.3. The van der Waals surface area contributed by atoms with Gasteiger partial charge in [-0.3, -0.25) is 9.59 Å². The Morgan fingerprint density at radius 1 is 1.00 bits per heavy atom. The topological polar surface area (TPSA) is 72.5 Å². The molecule has 1 N–H and O–H groups in total. The summed E-state index contributed by atoms with van der Waals surface area (Å²) in [6.45, 7) is -0.317. The van der Waals surface area contributed by atoms with Crippen LogP contribution < -0.4 is 5.32 Å². The van der Waals surface area contributed by atoms with E-state index in [9.17, 15) is 14.4 Å². The highest BCUT2D eigenvalue weighted by Crippen LogP contribution is 2.22. The highest BCUT2D eigenvalue weighted by Gasteiger charge is 2.14. The molecule has 26 heavy (non-hydrogen) atoms. The van der Waals surface area contributed by atoms with Crippen molar-refractivity contribution in [3.8, 4) is 0 Å². The fourth-order valence-electron chi connectivity index (χ4n) is 2.04. The van der Waals surface area contributed by atoms with Crippen molar-refractivity contribution in [1.82, 2.24) is 0 Å². The fraction of sp³-hybridized carbons (Fsp3) is 0.0556. The Balaban J connectivity index is 1.55. The van der Waals surface area contributed by atoms with Gasteiger partial charge in [0.1, 0.15) is 0 Å². The van der Waals surface area contributed by atoms with E-state index in [0.29, 0.717) is 21.0 Å². The first-order chi connectivity index (χ1) is 12.5. The lowest BCUT2D eigenvalue weighted by Gasteiger charge is -2.06.